The summed E-state index contributed by atoms with van der Waals surface area (Å²) in [6.45, 7) is 2.58. The molecule has 128 valence electrons. The topological polar surface area (TPSA) is 62.5 Å². The van der Waals surface area contributed by atoms with Gasteiger partial charge in [0.1, 0.15) is 11.5 Å². The maximum absolute atomic E-state index is 12.5. The van der Waals surface area contributed by atoms with Crippen molar-refractivity contribution in [2.24, 2.45) is 0 Å². The van der Waals surface area contributed by atoms with Gasteiger partial charge in [-0.15, -0.1) is 0 Å². The van der Waals surface area contributed by atoms with E-state index >= 15 is 0 Å². The van der Waals surface area contributed by atoms with Crippen LogP contribution >= 0.6 is 0 Å². The summed E-state index contributed by atoms with van der Waals surface area (Å²) in [4.78, 5) is 19.3. The first kappa shape index (κ1) is 15.6. The lowest BCUT2D eigenvalue weighted by atomic mass is 10.1. The van der Waals surface area contributed by atoms with Crippen LogP contribution in [0.5, 0.6) is 0 Å². The molecule has 0 bridgehead atoms. The number of carbonyl (C=O) groups excluding carboxylic acids is 1. The molecule has 1 aromatic carbocycles. The number of nitrogens with one attached hydrogen (secondary N) is 1. The van der Waals surface area contributed by atoms with E-state index in [2.05, 4.69) is 32.4 Å². The van der Waals surface area contributed by atoms with Crippen LogP contribution in [0.25, 0.3) is 5.65 Å². The maximum atomic E-state index is 12.5. The van der Waals surface area contributed by atoms with Gasteiger partial charge >= 0.3 is 0 Å². The molecule has 1 fully saturated rings. The molecule has 1 saturated heterocycles. The molecule has 0 aliphatic carbocycles. The van der Waals surface area contributed by atoms with E-state index in [0.717, 1.165) is 25.3 Å². The maximum Gasteiger partial charge on any atom is 0.270 e. The van der Waals surface area contributed by atoms with Crippen molar-refractivity contribution in [3.63, 3.8) is 0 Å². The normalized spacial score (nSPS) is 14.2. The van der Waals surface area contributed by atoms with Gasteiger partial charge in [-0.2, -0.15) is 9.61 Å². The molecule has 0 saturated carbocycles. The Morgan fingerprint density at radius 2 is 1.92 bits per heavy atom. The number of anilines is 1. The Morgan fingerprint density at radius 3 is 2.72 bits per heavy atom. The molecule has 3 heterocycles. The van der Waals surface area contributed by atoms with Crippen molar-refractivity contribution in [3.8, 4) is 0 Å². The molecule has 1 aliphatic rings. The molecule has 6 nitrogen and oxygen atoms in total. The molecule has 3 aromatic rings. The van der Waals surface area contributed by atoms with Crippen LogP contribution in [0.2, 0.25) is 0 Å². The van der Waals surface area contributed by atoms with Gasteiger partial charge in [0.25, 0.3) is 5.91 Å². The second kappa shape index (κ2) is 6.93. The van der Waals surface area contributed by atoms with Gasteiger partial charge in [-0.25, -0.2) is 4.98 Å². The standard InChI is InChI=1S/C19H21N5O/c25-19(20-10-8-15-6-2-1-3-7-15)16-14-18(23-12-4-5-13-23)24-17(22-16)9-11-21-24/h1-3,6-7,9,11,14H,4-5,8,10,12-13H2,(H,20,25). The van der Waals surface area contributed by atoms with Crippen molar-refractivity contribution in [2.45, 2.75) is 19.3 Å². The summed E-state index contributed by atoms with van der Waals surface area (Å²) >= 11 is 0. The predicted molar refractivity (Wildman–Crippen MR) is 96.9 cm³/mol. The van der Waals surface area contributed by atoms with Crippen molar-refractivity contribution >= 4 is 17.4 Å². The summed E-state index contributed by atoms with van der Waals surface area (Å²) < 4.78 is 1.81. The third-order valence-electron chi connectivity index (χ3n) is 4.55. The van der Waals surface area contributed by atoms with Crippen molar-refractivity contribution in [2.75, 3.05) is 24.5 Å². The van der Waals surface area contributed by atoms with E-state index < -0.39 is 0 Å². The molecule has 25 heavy (non-hydrogen) atoms. The van der Waals surface area contributed by atoms with Crippen LogP contribution in [-0.4, -0.2) is 40.1 Å². The molecule has 1 amide bonds. The number of fused-ring (bicyclic) bond motifs is 1. The quantitative estimate of drug-likeness (QED) is 0.777. The van der Waals surface area contributed by atoms with Crippen LogP contribution in [0, 0.1) is 0 Å². The van der Waals surface area contributed by atoms with Gasteiger partial charge in [0.2, 0.25) is 0 Å². The molecule has 0 atom stereocenters. The SMILES string of the molecule is O=C(NCCc1ccccc1)c1cc(N2CCCC2)n2nccc2n1. The Balaban J connectivity index is 1.51. The van der Waals surface area contributed by atoms with Gasteiger partial charge in [-0.3, -0.25) is 4.79 Å². The summed E-state index contributed by atoms with van der Waals surface area (Å²) in [5.41, 5.74) is 2.36. The second-order valence-corrected chi connectivity index (χ2v) is 6.29. The summed E-state index contributed by atoms with van der Waals surface area (Å²) in [5.74, 6) is 0.806. The highest BCUT2D eigenvalue weighted by Crippen LogP contribution is 2.21. The van der Waals surface area contributed by atoms with Crippen LogP contribution < -0.4 is 10.2 Å². The third kappa shape index (κ3) is 3.33. The molecular formula is C19H21N5O. The first-order chi connectivity index (χ1) is 12.3. The lowest BCUT2D eigenvalue weighted by Gasteiger charge is -2.19. The fraction of sp³-hybridized carbons (Fsp3) is 0.316. The Bertz CT molecular complexity index is 868. The van der Waals surface area contributed by atoms with Gasteiger partial charge in [0.15, 0.2) is 5.65 Å². The van der Waals surface area contributed by atoms with E-state index in [9.17, 15) is 4.79 Å². The zero-order chi connectivity index (χ0) is 17.1. The number of carbonyl (C=O) groups is 1. The largest absolute Gasteiger partial charge is 0.356 e. The third-order valence-corrected chi connectivity index (χ3v) is 4.55. The average molecular weight is 335 g/mol. The number of hydrogen-bond acceptors (Lipinski definition) is 4. The van der Waals surface area contributed by atoms with E-state index in [1.807, 2.05) is 34.8 Å². The van der Waals surface area contributed by atoms with E-state index in [0.29, 0.717) is 17.9 Å². The van der Waals surface area contributed by atoms with E-state index in [4.69, 9.17) is 0 Å². The van der Waals surface area contributed by atoms with Crippen LogP contribution in [0.1, 0.15) is 28.9 Å². The molecular weight excluding hydrogens is 314 g/mol. The number of rotatable bonds is 5. The fourth-order valence-electron chi connectivity index (χ4n) is 3.24. The van der Waals surface area contributed by atoms with E-state index in [1.54, 1.807) is 6.20 Å². The van der Waals surface area contributed by atoms with Crippen molar-refractivity contribution < 1.29 is 4.79 Å². The van der Waals surface area contributed by atoms with Crippen molar-refractivity contribution in [1.82, 2.24) is 19.9 Å². The Kier molecular flexibility index (Phi) is 4.33. The summed E-state index contributed by atoms with van der Waals surface area (Å²) in [5, 5.41) is 7.32. The number of amides is 1. The van der Waals surface area contributed by atoms with Crippen LogP contribution in [-0.2, 0) is 6.42 Å². The summed E-state index contributed by atoms with van der Waals surface area (Å²) in [6, 6.07) is 13.8. The highest BCUT2D eigenvalue weighted by atomic mass is 16.1. The minimum atomic E-state index is -0.139. The van der Waals surface area contributed by atoms with Crippen molar-refractivity contribution in [1.29, 1.82) is 0 Å². The van der Waals surface area contributed by atoms with Gasteiger partial charge in [0, 0.05) is 31.8 Å². The average Bonchev–Trinajstić information content (AvgIpc) is 3.33. The van der Waals surface area contributed by atoms with Crippen molar-refractivity contribution in [3.05, 3.63) is 59.9 Å². The molecule has 6 heteroatoms. The number of hydrogen-bond donors (Lipinski definition) is 1. The molecule has 0 spiro atoms. The van der Waals surface area contributed by atoms with E-state index in [1.165, 1.54) is 18.4 Å². The van der Waals surface area contributed by atoms with Gasteiger partial charge in [-0.05, 0) is 24.8 Å². The fourth-order valence-corrected chi connectivity index (χ4v) is 3.24. The van der Waals surface area contributed by atoms with Crippen LogP contribution in [0.15, 0.2) is 48.7 Å². The highest BCUT2D eigenvalue weighted by molar-refractivity contribution is 5.93. The lowest BCUT2D eigenvalue weighted by molar-refractivity contribution is 0.0949. The van der Waals surface area contributed by atoms with Gasteiger partial charge in [0.05, 0.1) is 6.20 Å². The number of benzene rings is 1. The summed E-state index contributed by atoms with van der Waals surface area (Å²) in [7, 11) is 0. The molecule has 1 N–H and O–H groups in total. The van der Waals surface area contributed by atoms with E-state index in [-0.39, 0.29) is 5.91 Å². The Labute approximate surface area is 146 Å². The number of aromatic nitrogens is 3. The molecule has 4 rings (SSSR count). The predicted octanol–water partition coefficient (Wildman–Crippen LogP) is 2.30. The highest BCUT2D eigenvalue weighted by Gasteiger charge is 2.19. The minimum absolute atomic E-state index is 0.139. The second-order valence-electron chi connectivity index (χ2n) is 6.29. The Hall–Kier alpha value is -2.89. The monoisotopic (exact) mass is 335 g/mol. The first-order valence-corrected chi connectivity index (χ1v) is 8.73. The molecule has 0 radical (unpaired) electrons. The molecule has 0 unspecified atom stereocenters. The van der Waals surface area contributed by atoms with Crippen LogP contribution in [0.4, 0.5) is 5.82 Å². The van der Waals surface area contributed by atoms with Gasteiger partial charge < -0.3 is 10.2 Å². The molecule has 2 aromatic heterocycles. The minimum Gasteiger partial charge on any atom is -0.356 e. The zero-order valence-electron chi connectivity index (χ0n) is 14.1. The summed E-state index contributed by atoms with van der Waals surface area (Å²) in [6.07, 6.45) is 4.87. The van der Waals surface area contributed by atoms with Crippen LogP contribution in [0.3, 0.4) is 0 Å². The lowest BCUT2D eigenvalue weighted by Crippen LogP contribution is -2.28. The zero-order valence-corrected chi connectivity index (χ0v) is 14.1. The van der Waals surface area contributed by atoms with Gasteiger partial charge in [-0.1, -0.05) is 30.3 Å². The first-order valence-electron chi connectivity index (χ1n) is 8.73. The smallest absolute Gasteiger partial charge is 0.270 e. The number of nitrogens with zero attached hydrogens (tertiary/aromatic N) is 4. The Morgan fingerprint density at radius 1 is 1.12 bits per heavy atom. The molecule has 1 aliphatic heterocycles.